The van der Waals surface area contributed by atoms with Crippen LogP contribution in [0.3, 0.4) is 0 Å². The highest BCUT2D eigenvalue weighted by Crippen LogP contribution is 2.17. The summed E-state index contributed by atoms with van der Waals surface area (Å²) in [6, 6.07) is 4.49. The van der Waals surface area contributed by atoms with E-state index in [0.717, 1.165) is 0 Å². The zero-order valence-corrected chi connectivity index (χ0v) is 8.13. The van der Waals surface area contributed by atoms with E-state index in [4.69, 9.17) is 16.2 Å². The number of benzene rings is 1. The van der Waals surface area contributed by atoms with E-state index in [2.05, 4.69) is 15.9 Å². The van der Waals surface area contributed by atoms with Gasteiger partial charge >= 0.3 is 5.97 Å². The molecule has 4 nitrogen and oxygen atoms in total. The molecule has 4 N–H and O–H groups in total. The standard InChI is InChI=1S/C8H7BrN2O2/c9-6-2-1-4(7(10)11)3-5(6)8(12)13/h1-3H,(H3,10,11)(H,12,13). The minimum atomic E-state index is -1.05. The van der Waals surface area contributed by atoms with Crippen LogP contribution in [0.5, 0.6) is 0 Å². The van der Waals surface area contributed by atoms with Crippen molar-refractivity contribution in [3.05, 3.63) is 33.8 Å². The summed E-state index contributed by atoms with van der Waals surface area (Å²) in [5.41, 5.74) is 5.72. The molecule has 68 valence electrons. The Morgan fingerprint density at radius 3 is 2.62 bits per heavy atom. The fourth-order valence-corrected chi connectivity index (χ4v) is 1.27. The molecule has 0 bridgehead atoms. The Bertz CT molecular complexity index is 376. The van der Waals surface area contributed by atoms with E-state index in [1.807, 2.05) is 0 Å². The van der Waals surface area contributed by atoms with Gasteiger partial charge in [0, 0.05) is 10.0 Å². The van der Waals surface area contributed by atoms with Crippen molar-refractivity contribution in [3.8, 4) is 0 Å². The second kappa shape index (κ2) is 3.57. The number of halogens is 1. The quantitative estimate of drug-likeness (QED) is 0.542. The van der Waals surface area contributed by atoms with Crippen molar-refractivity contribution >= 4 is 27.7 Å². The first-order valence-corrected chi connectivity index (χ1v) is 4.19. The van der Waals surface area contributed by atoms with E-state index in [1.54, 1.807) is 12.1 Å². The van der Waals surface area contributed by atoms with Gasteiger partial charge in [-0.05, 0) is 28.1 Å². The van der Waals surface area contributed by atoms with Gasteiger partial charge in [-0.25, -0.2) is 4.79 Å². The molecule has 0 aliphatic carbocycles. The summed E-state index contributed by atoms with van der Waals surface area (Å²) >= 11 is 3.09. The monoisotopic (exact) mass is 242 g/mol. The van der Waals surface area contributed by atoms with Gasteiger partial charge in [0.1, 0.15) is 5.84 Å². The van der Waals surface area contributed by atoms with E-state index in [-0.39, 0.29) is 11.4 Å². The Balaban J connectivity index is 3.27. The number of nitrogen functional groups attached to an aromatic ring is 1. The molecular formula is C8H7BrN2O2. The molecule has 0 aliphatic rings. The third-order valence-electron chi connectivity index (χ3n) is 1.51. The molecular weight excluding hydrogens is 236 g/mol. The lowest BCUT2D eigenvalue weighted by molar-refractivity contribution is 0.0696. The number of rotatable bonds is 2. The highest BCUT2D eigenvalue weighted by Gasteiger charge is 2.09. The summed E-state index contributed by atoms with van der Waals surface area (Å²) in [6.07, 6.45) is 0. The maximum Gasteiger partial charge on any atom is 0.336 e. The van der Waals surface area contributed by atoms with E-state index < -0.39 is 5.97 Å². The van der Waals surface area contributed by atoms with Crippen LogP contribution in [-0.2, 0) is 0 Å². The number of aromatic carboxylic acids is 1. The van der Waals surface area contributed by atoms with Crippen LogP contribution >= 0.6 is 15.9 Å². The molecule has 0 fully saturated rings. The van der Waals surface area contributed by atoms with Gasteiger partial charge in [0.2, 0.25) is 0 Å². The van der Waals surface area contributed by atoms with Crippen LogP contribution in [0.15, 0.2) is 22.7 Å². The molecule has 0 amide bonds. The van der Waals surface area contributed by atoms with E-state index >= 15 is 0 Å². The largest absolute Gasteiger partial charge is 0.478 e. The second-order valence-corrected chi connectivity index (χ2v) is 3.27. The molecule has 13 heavy (non-hydrogen) atoms. The number of carbonyl (C=O) groups is 1. The van der Waals surface area contributed by atoms with Crippen LogP contribution in [0.25, 0.3) is 0 Å². The van der Waals surface area contributed by atoms with Crippen molar-refractivity contribution in [2.75, 3.05) is 0 Å². The minimum Gasteiger partial charge on any atom is -0.478 e. The van der Waals surface area contributed by atoms with Crippen molar-refractivity contribution in [2.45, 2.75) is 0 Å². The van der Waals surface area contributed by atoms with Gasteiger partial charge in [0.05, 0.1) is 5.56 Å². The van der Waals surface area contributed by atoms with Gasteiger partial charge in [0.25, 0.3) is 0 Å². The van der Waals surface area contributed by atoms with E-state index in [1.165, 1.54) is 6.07 Å². The average molecular weight is 243 g/mol. The third kappa shape index (κ3) is 2.06. The number of hydrogen-bond donors (Lipinski definition) is 3. The minimum absolute atomic E-state index is 0.104. The topological polar surface area (TPSA) is 87.2 Å². The molecule has 1 rings (SSSR count). The van der Waals surface area contributed by atoms with Gasteiger partial charge in [-0.2, -0.15) is 0 Å². The Labute approximate surface area is 83.0 Å². The van der Waals surface area contributed by atoms with Gasteiger partial charge in [-0.1, -0.05) is 6.07 Å². The Kier molecular flexibility index (Phi) is 2.67. The molecule has 1 aromatic rings. The third-order valence-corrected chi connectivity index (χ3v) is 2.20. The molecule has 0 aromatic heterocycles. The number of nitrogens with two attached hydrogens (primary N) is 1. The van der Waals surface area contributed by atoms with Crippen LogP contribution < -0.4 is 5.73 Å². The number of nitrogens with one attached hydrogen (secondary N) is 1. The lowest BCUT2D eigenvalue weighted by Gasteiger charge is -2.02. The van der Waals surface area contributed by atoms with Crippen molar-refractivity contribution in [1.82, 2.24) is 0 Å². The Morgan fingerprint density at radius 2 is 2.15 bits per heavy atom. The van der Waals surface area contributed by atoms with Crippen LogP contribution in [-0.4, -0.2) is 16.9 Å². The van der Waals surface area contributed by atoms with Crippen molar-refractivity contribution < 1.29 is 9.90 Å². The molecule has 0 atom stereocenters. The van der Waals surface area contributed by atoms with Gasteiger partial charge in [0.15, 0.2) is 0 Å². The van der Waals surface area contributed by atoms with Crippen molar-refractivity contribution in [2.24, 2.45) is 5.73 Å². The Hall–Kier alpha value is -1.36. The molecule has 0 aliphatic heterocycles. The number of hydrogen-bond acceptors (Lipinski definition) is 2. The van der Waals surface area contributed by atoms with E-state index in [9.17, 15) is 4.79 Å². The zero-order valence-electron chi connectivity index (χ0n) is 6.54. The lowest BCUT2D eigenvalue weighted by atomic mass is 10.1. The molecule has 0 saturated carbocycles. The molecule has 0 radical (unpaired) electrons. The zero-order chi connectivity index (χ0) is 10.0. The molecule has 0 unspecified atom stereocenters. The summed E-state index contributed by atoms with van der Waals surface area (Å²) in [7, 11) is 0. The predicted octanol–water partition coefficient (Wildman–Crippen LogP) is 1.43. The number of carboxylic acid groups (broad SMARTS) is 1. The van der Waals surface area contributed by atoms with Gasteiger partial charge in [-0.15, -0.1) is 0 Å². The van der Waals surface area contributed by atoms with Crippen LogP contribution in [0.4, 0.5) is 0 Å². The van der Waals surface area contributed by atoms with Crippen LogP contribution in [0.2, 0.25) is 0 Å². The second-order valence-electron chi connectivity index (χ2n) is 2.41. The molecule has 0 heterocycles. The summed E-state index contributed by atoms with van der Waals surface area (Å²) in [5, 5.41) is 15.8. The first-order chi connectivity index (χ1) is 6.02. The Morgan fingerprint density at radius 1 is 1.54 bits per heavy atom. The molecule has 0 spiro atoms. The lowest BCUT2D eigenvalue weighted by Crippen LogP contribution is -2.12. The number of amidine groups is 1. The van der Waals surface area contributed by atoms with Gasteiger partial charge in [-0.3, -0.25) is 5.41 Å². The van der Waals surface area contributed by atoms with Gasteiger partial charge < -0.3 is 10.8 Å². The first-order valence-electron chi connectivity index (χ1n) is 3.39. The van der Waals surface area contributed by atoms with Crippen molar-refractivity contribution in [3.63, 3.8) is 0 Å². The summed E-state index contributed by atoms with van der Waals surface area (Å²) in [5.74, 6) is -1.19. The predicted molar refractivity (Wildman–Crippen MR) is 52.1 cm³/mol. The molecule has 1 aromatic carbocycles. The fourth-order valence-electron chi connectivity index (χ4n) is 0.857. The molecule has 0 saturated heterocycles. The average Bonchev–Trinajstić information content (AvgIpc) is 2.04. The van der Waals surface area contributed by atoms with Crippen molar-refractivity contribution in [1.29, 1.82) is 5.41 Å². The summed E-state index contributed by atoms with van der Waals surface area (Å²) in [6.45, 7) is 0. The smallest absolute Gasteiger partial charge is 0.336 e. The highest BCUT2D eigenvalue weighted by molar-refractivity contribution is 9.10. The maximum absolute atomic E-state index is 10.7. The molecule has 5 heteroatoms. The fraction of sp³-hybridized carbons (Fsp3) is 0. The van der Waals surface area contributed by atoms with E-state index in [0.29, 0.717) is 10.0 Å². The summed E-state index contributed by atoms with van der Waals surface area (Å²) in [4.78, 5) is 10.7. The number of carboxylic acids is 1. The maximum atomic E-state index is 10.7. The SMILES string of the molecule is N=C(N)c1ccc(Br)c(C(=O)O)c1. The normalized spacial score (nSPS) is 9.62. The highest BCUT2D eigenvalue weighted by atomic mass is 79.9. The first kappa shape index (κ1) is 9.73. The van der Waals surface area contributed by atoms with Crippen LogP contribution in [0, 0.1) is 5.41 Å². The summed E-state index contributed by atoms with van der Waals surface area (Å²) < 4.78 is 0.477. The van der Waals surface area contributed by atoms with Crippen LogP contribution in [0.1, 0.15) is 15.9 Å².